The highest BCUT2D eigenvalue weighted by molar-refractivity contribution is 5.86. The Balaban J connectivity index is 1.64. The van der Waals surface area contributed by atoms with Crippen molar-refractivity contribution < 1.29 is 29.2 Å². The fourth-order valence-electron chi connectivity index (χ4n) is 4.42. The van der Waals surface area contributed by atoms with Gasteiger partial charge in [0.05, 0.1) is 46.1 Å². The van der Waals surface area contributed by atoms with Gasteiger partial charge in [0.2, 0.25) is 0 Å². The molecular formula is C27H29NO6. The number of likely N-dealkylation sites (tertiary alicyclic amines) is 1. The van der Waals surface area contributed by atoms with Gasteiger partial charge in [-0.25, -0.2) is 4.79 Å². The molecule has 1 heterocycles. The molecular weight excluding hydrogens is 434 g/mol. The van der Waals surface area contributed by atoms with Gasteiger partial charge in [-0.15, -0.1) is 0 Å². The highest BCUT2D eigenvalue weighted by atomic mass is 16.5. The first-order valence-corrected chi connectivity index (χ1v) is 11.2. The Hall–Kier alpha value is -3.55. The van der Waals surface area contributed by atoms with Gasteiger partial charge in [0, 0.05) is 0 Å². The summed E-state index contributed by atoms with van der Waals surface area (Å²) >= 11 is 0. The van der Waals surface area contributed by atoms with E-state index in [1.807, 2.05) is 60.7 Å². The minimum atomic E-state index is -1.04. The van der Waals surface area contributed by atoms with E-state index in [1.54, 1.807) is 14.2 Å². The van der Waals surface area contributed by atoms with Crippen molar-refractivity contribution in [1.29, 1.82) is 0 Å². The summed E-state index contributed by atoms with van der Waals surface area (Å²) in [6, 6.07) is 21.5. The first kappa shape index (κ1) is 23.6. The zero-order valence-corrected chi connectivity index (χ0v) is 19.3. The van der Waals surface area contributed by atoms with E-state index in [-0.39, 0.29) is 19.2 Å². The molecule has 1 saturated heterocycles. The van der Waals surface area contributed by atoms with Gasteiger partial charge >= 0.3 is 6.09 Å². The number of benzene rings is 3. The molecule has 1 aliphatic rings. The van der Waals surface area contributed by atoms with Crippen LogP contribution in [0.5, 0.6) is 11.5 Å². The normalized spacial score (nSPS) is 17.6. The molecule has 0 aliphatic carbocycles. The third-order valence-corrected chi connectivity index (χ3v) is 6.14. The van der Waals surface area contributed by atoms with Crippen LogP contribution in [0.2, 0.25) is 0 Å². The minimum absolute atomic E-state index is 0.118. The van der Waals surface area contributed by atoms with Crippen LogP contribution in [-0.4, -0.2) is 60.7 Å². The molecule has 7 nitrogen and oxygen atoms in total. The number of carbonyl (C=O) groups is 1. The van der Waals surface area contributed by atoms with Gasteiger partial charge in [-0.05, 0) is 58.5 Å². The van der Waals surface area contributed by atoms with Crippen molar-refractivity contribution in [2.24, 2.45) is 0 Å². The Morgan fingerprint density at radius 1 is 0.941 bits per heavy atom. The summed E-state index contributed by atoms with van der Waals surface area (Å²) in [7, 11) is 3.28. The van der Waals surface area contributed by atoms with Crippen LogP contribution in [0.1, 0.15) is 12.0 Å². The highest BCUT2D eigenvalue weighted by Gasteiger charge is 2.34. The lowest BCUT2D eigenvalue weighted by Gasteiger charge is -2.22. The summed E-state index contributed by atoms with van der Waals surface area (Å²) in [6.45, 7) is 0.650. The van der Waals surface area contributed by atoms with E-state index in [4.69, 9.17) is 14.2 Å². The maximum Gasteiger partial charge on any atom is 0.407 e. The van der Waals surface area contributed by atoms with Gasteiger partial charge in [-0.1, -0.05) is 42.5 Å². The first-order chi connectivity index (χ1) is 16.5. The average molecular weight is 464 g/mol. The van der Waals surface area contributed by atoms with E-state index >= 15 is 0 Å². The van der Waals surface area contributed by atoms with Crippen LogP contribution in [0.25, 0.3) is 22.3 Å². The number of nitrogens with zero attached hydrogens (tertiary/aromatic N) is 1. The molecule has 0 spiro atoms. The van der Waals surface area contributed by atoms with Crippen molar-refractivity contribution in [1.82, 2.24) is 4.90 Å². The van der Waals surface area contributed by atoms with E-state index < -0.39 is 12.2 Å². The lowest BCUT2D eigenvalue weighted by Crippen LogP contribution is -2.37. The molecule has 0 radical (unpaired) electrons. The van der Waals surface area contributed by atoms with Crippen LogP contribution < -0.4 is 9.47 Å². The number of carboxylic acid groups (broad SMARTS) is 1. The molecule has 4 rings (SSSR count). The van der Waals surface area contributed by atoms with E-state index in [2.05, 4.69) is 6.07 Å². The molecule has 0 bridgehead atoms. The summed E-state index contributed by atoms with van der Waals surface area (Å²) in [5.41, 5.74) is 5.15. The quantitative estimate of drug-likeness (QED) is 0.505. The largest absolute Gasteiger partial charge is 0.497 e. The molecule has 3 aromatic rings. The van der Waals surface area contributed by atoms with Crippen LogP contribution in [-0.2, 0) is 11.3 Å². The first-order valence-electron chi connectivity index (χ1n) is 11.2. The van der Waals surface area contributed by atoms with E-state index in [0.717, 1.165) is 39.3 Å². The average Bonchev–Trinajstić information content (AvgIpc) is 3.24. The summed E-state index contributed by atoms with van der Waals surface area (Å²) < 4.78 is 16.6. The highest BCUT2D eigenvalue weighted by Crippen LogP contribution is 2.37. The number of aliphatic hydroxyl groups is 1. The van der Waals surface area contributed by atoms with Gasteiger partial charge in [-0.2, -0.15) is 0 Å². The number of β-amino-alcohol motifs (C(OH)–C–C–N with tert-alkyl or cyclic N) is 1. The van der Waals surface area contributed by atoms with Crippen molar-refractivity contribution in [3.8, 4) is 33.8 Å². The molecule has 1 aliphatic heterocycles. The minimum Gasteiger partial charge on any atom is -0.497 e. The zero-order valence-electron chi connectivity index (χ0n) is 19.3. The zero-order chi connectivity index (χ0) is 24.1. The molecule has 178 valence electrons. The Morgan fingerprint density at radius 3 is 2.15 bits per heavy atom. The summed E-state index contributed by atoms with van der Waals surface area (Å²) in [5.74, 6) is 1.56. The Labute approximate surface area is 199 Å². The van der Waals surface area contributed by atoms with Gasteiger partial charge in [0.1, 0.15) is 11.5 Å². The van der Waals surface area contributed by atoms with Crippen LogP contribution in [0.15, 0.2) is 66.7 Å². The van der Waals surface area contributed by atoms with Gasteiger partial charge in [0.15, 0.2) is 0 Å². The monoisotopic (exact) mass is 463 g/mol. The van der Waals surface area contributed by atoms with Crippen molar-refractivity contribution in [2.75, 3.05) is 27.4 Å². The molecule has 7 heteroatoms. The third-order valence-electron chi connectivity index (χ3n) is 6.14. The second-order valence-electron chi connectivity index (χ2n) is 8.29. The molecule has 2 atom stereocenters. The fraction of sp³-hybridized carbons (Fsp3) is 0.296. The Bertz CT molecular complexity index is 1110. The molecule has 0 aromatic heterocycles. The number of rotatable bonds is 8. The molecule has 1 fully saturated rings. The fourth-order valence-corrected chi connectivity index (χ4v) is 4.42. The van der Waals surface area contributed by atoms with Crippen LogP contribution in [0.3, 0.4) is 0 Å². The van der Waals surface area contributed by atoms with Gasteiger partial charge < -0.3 is 29.3 Å². The maximum atomic E-state index is 11.5. The van der Waals surface area contributed by atoms with E-state index in [0.29, 0.717) is 13.0 Å². The van der Waals surface area contributed by atoms with Crippen LogP contribution in [0, 0.1) is 0 Å². The number of hydrogen-bond donors (Lipinski definition) is 2. The third kappa shape index (κ3) is 5.16. The van der Waals surface area contributed by atoms with Crippen molar-refractivity contribution >= 4 is 6.09 Å². The molecule has 1 amide bonds. The number of methoxy groups -OCH3 is 2. The van der Waals surface area contributed by atoms with Gasteiger partial charge in [0.25, 0.3) is 0 Å². The second kappa shape index (κ2) is 10.6. The van der Waals surface area contributed by atoms with Crippen LogP contribution in [0.4, 0.5) is 4.79 Å². The Morgan fingerprint density at radius 2 is 1.56 bits per heavy atom. The molecule has 0 unspecified atom stereocenters. The van der Waals surface area contributed by atoms with E-state index in [9.17, 15) is 15.0 Å². The molecule has 3 aromatic carbocycles. The SMILES string of the molecule is COc1ccc(-c2cccc(COC[C@@H]3C[C@@H](O)CN3C(=O)O)c2-c2ccc(OC)cc2)cc1. The summed E-state index contributed by atoms with van der Waals surface area (Å²) in [5, 5.41) is 19.3. The van der Waals surface area contributed by atoms with Crippen molar-refractivity contribution in [3.63, 3.8) is 0 Å². The lowest BCUT2D eigenvalue weighted by molar-refractivity contribution is 0.0645. The second-order valence-corrected chi connectivity index (χ2v) is 8.29. The number of ether oxygens (including phenoxy) is 3. The predicted molar refractivity (Wildman–Crippen MR) is 129 cm³/mol. The predicted octanol–water partition coefficient (Wildman–Crippen LogP) is 4.67. The maximum absolute atomic E-state index is 11.5. The van der Waals surface area contributed by atoms with Crippen molar-refractivity contribution in [3.05, 3.63) is 72.3 Å². The number of aliphatic hydroxyl groups excluding tert-OH is 1. The molecule has 2 N–H and O–H groups in total. The van der Waals surface area contributed by atoms with Gasteiger partial charge in [-0.3, -0.25) is 0 Å². The molecule has 34 heavy (non-hydrogen) atoms. The smallest absolute Gasteiger partial charge is 0.407 e. The summed E-state index contributed by atoms with van der Waals surface area (Å²) in [6.07, 6.45) is -1.31. The standard InChI is InChI=1S/C27H29NO6/c1-32-23-10-6-18(7-11-23)25-5-3-4-20(26(25)19-8-12-24(33-2)13-9-19)16-34-17-21-14-22(29)15-28(21)27(30)31/h3-13,21-22,29H,14-17H2,1-2H3,(H,30,31)/t21-,22+/m0/s1. The number of hydrogen-bond acceptors (Lipinski definition) is 5. The van der Waals surface area contributed by atoms with Crippen molar-refractivity contribution in [2.45, 2.75) is 25.2 Å². The number of amides is 1. The molecule has 0 saturated carbocycles. The Kier molecular flexibility index (Phi) is 7.35. The topological polar surface area (TPSA) is 88.5 Å². The van der Waals surface area contributed by atoms with Crippen LogP contribution >= 0.6 is 0 Å². The summed E-state index contributed by atoms with van der Waals surface area (Å²) in [4.78, 5) is 12.7. The van der Waals surface area contributed by atoms with E-state index in [1.165, 1.54) is 4.90 Å². The lowest BCUT2D eigenvalue weighted by atomic mass is 9.90.